The second kappa shape index (κ2) is 7.16. The van der Waals surface area contributed by atoms with Crippen LogP contribution in [0.25, 0.3) is 11.4 Å². The van der Waals surface area contributed by atoms with E-state index in [1.165, 1.54) is 4.80 Å². The number of hydrogen-bond acceptors (Lipinski definition) is 6. The summed E-state index contributed by atoms with van der Waals surface area (Å²) in [5, 5.41) is 22.7. The second-order valence-electron chi connectivity index (χ2n) is 6.16. The van der Waals surface area contributed by atoms with Crippen molar-refractivity contribution in [1.82, 2.24) is 25.1 Å². The molecule has 1 aliphatic heterocycles. The third-order valence-corrected chi connectivity index (χ3v) is 3.82. The van der Waals surface area contributed by atoms with E-state index in [0.29, 0.717) is 18.9 Å². The summed E-state index contributed by atoms with van der Waals surface area (Å²) in [5.41, 5.74) is 0.920. The highest BCUT2D eigenvalue weighted by atomic mass is 16.5. The molecular weight excluding hydrogens is 294 g/mol. The van der Waals surface area contributed by atoms with Crippen LogP contribution in [0.2, 0.25) is 0 Å². The average molecular weight is 317 g/mol. The molecule has 0 amide bonds. The molecule has 2 aromatic rings. The van der Waals surface area contributed by atoms with Crippen LogP contribution in [-0.4, -0.2) is 68.2 Å². The van der Waals surface area contributed by atoms with Gasteiger partial charge in [0.1, 0.15) is 0 Å². The predicted octanol–water partition coefficient (Wildman–Crippen LogP) is 0.810. The number of ether oxygens (including phenoxy) is 1. The number of morpholine rings is 1. The standard InChI is InChI=1S/C16H23N5O2/c1-12-8-20(9-13(2)23-12)10-15(22)11-21-18-16(17-19-21)14-6-4-3-5-7-14/h3-7,12-13,15,22H,8-11H2,1-2H3/t12-,13-,15+/m1/s1. The lowest BCUT2D eigenvalue weighted by Crippen LogP contribution is -2.48. The minimum atomic E-state index is -0.537. The first-order chi connectivity index (χ1) is 11.1. The summed E-state index contributed by atoms with van der Waals surface area (Å²) < 4.78 is 5.71. The number of aliphatic hydroxyl groups excluding tert-OH is 1. The van der Waals surface area contributed by atoms with Crippen molar-refractivity contribution in [1.29, 1.82) is 0 Å². The highest BCUT2D eigenvalue weighted by Crippen LogP contribution is 2.13. The zero-order valence-electron chi connectivity index (χ0n) is 13.5. The van der Waals surface area contributed by atoms with Gasteiger partial charge in [0.25, 0.3) is 0 Å². The van der Waals surface area contributed by atoms with Crippen molar-refractivity contribution < 1.29 is 9.84 Å². The number of tetrazole rings is 1. The number of aromatic nitrogens is 4. The Bertz CT molecular complexity index is 608. The van der Waals surface area contributed by atoms with E-state index in [0.717, 1.165) is 18.7 Å². The summed E-state index contributed by atoms with van der Waals surface area (Å²) in [4.78, 5) is 3.68. The van der Waals surface area contributed by atoms with E-state index < -0.39 is 6.10 Å². The van der Waals surface area contributed by atoms with Crippen molar-refractivity contribution in [2.75, 3.05) is 19.6 Å². The maximum atomic E-state index is 10.3. The number of rotatable bonds is 5. The molecule has 124 valence electrons. The molecule has 1 aliphatic rings. The molecule has 0 spiro atoms. The van der Waals surface area contributed by atoms with Gasteiger partial charge in [-0.2, -0.15) is 4.80 Å². The summed E-state index contributed by atoms with van der Waals surface area (Å²) in [6.45, 7) is 6.70. The van der Waals surface area contributed by atoms with Crippen LogP contribution in [0, 0.1) is 0 Å². The second-order valence-corrected chi connectivity index (χ2v) is 6.16. The third kappa shape index (κ3) is 4.34. The van der Waals surface area contributed by atoms with Crippen LogP contribution in [0.1, 0.15) is 13.8 Å². The van der Waals surface area contributed by atoms with Crippen LogP contribution in [0.4, 0.5) is 0 Å². The topological polar surface area (TPSA) is 76.3 Å². The van der Waals surface area contributed by atoms with Gasteiger partial charge in [0.15, 0.2) is 0 Å². The fourth-order valence-corrected chi connectivity index (χ4v) is 3.00. The average Bonchev–Trinajstić information content (AvgIpc) is 2.95. The first kappa shape index (κ1) is 16.0. The van der Waals surface area contributed by atoms with Gasteiger partial charge in [0.2, 0.25) is 5.82 Å². The highest BCUT2D eigenvalue weighted by molar-refractivity contribution is 5.52. The highest BCUT2D eigenvalue weighted by Gasteiger charge is 2.24. The lowest BCUT2D eigenvalue weighted by molar-refractivity contribution is -0.0776. The zero-order valence-corrected chi connectivity index (χ0v) is 13.5. The summed E-state index contributed by atoms with van der Waals surface area (Å²) in [7, 11) is 0. The van der Waals surface area contributed by atoms with Gasteiger partial charge in [0.05, 0.1) is 24.9 Å². The molecule has 7 heteroatoms. The van der Waals surface area contributed by atoms with E-state index in [-0.39, 0.29) is 12.2 Å². The van der Waals surface area contributed by atoms with Crippen LogP contribution >= 0.6 is 0 Å². The summed E-state index contributed by atoms with van der Waals surface area (Å²) in [6.07, 6.45) is -0.148. The van der Waals surface area contributed by atoms with Crippen LogP contribution in [-0.2, 0) is 11.3 Å². The Labute approximate surface area is 135 Å². The zero-order chi connectivity index (χ0) is 16.2. The molecule has 1 saturated heterocycles. The Kier molecular flexibility index (Phi) is 5.00. The molecule has 1 aromatic carbocycles. The smallest absolute Gasteiger partial charge is 0.204 e. The van der Waals surface area contributed by atoms with Crippen molar-refractivity contribution in [3.63, 3.8) is 0 Å². The van der Waals surface area contributed by atoms with Crippen LogP contribution in [0.3, 0.4) is 0 Å². The fourth-order valence-electron chi connectivity index (χ4n) is 3.00. The molecule has 1 fully saturated rings. The van der Waals surface area contributed by atoms with Gasteiger partial charge in [-0.15, -0.1) is 10.2 Å². The molecule has 0 bridgehead atoms. The minimum Gasteiger partial charge on any atom is -0.390 e. The normalized spacial score (nSPS) is 23.8. The lowest BCUT2D eigenvalue weighted by atomic mass is 10.2. The molecule has 3 atom stereocenters. The largest absolute Gasteiger partial charge is 0.390 e. The summed E-state index contributed by atoms with van der Waals surface area (Å²) in [5.74, 6) is 0.575. The molecule has 0 unspecified atom stereocenters. The molecule has 2 heterocycles. The maximum absolute atomic E-state index is 10.3. The molecule has 0 aliphatic carbocycles. The van der Waals surface area contributed by atoms with Crippen molar-refractivity contribution in [3.8, 4) is 11.4 Å². The molecule has 7 nitrogen and oxygen atoms in total. The molecule has 3 rings (SSSR count). The fraction of sp³-hybridized carbons (Fsp3) is 0.562. The van der Waals surface area contributed by atoms with E-state index in [9.17, 15) is 5.11 Å². The van der Waals surface area contributed by atoms with E-state index in [2.05, 4.69) is 34.2 Å². The monoisotopic (exact) mass is 317 g/mol. The number of β-amino-alcohol motifs (C(OH)–C–C–N with tert-alkyl or cyclic N) is 1. The van der Waals surface area contributed by atoms with Gasteiger partial charge in [-0.05, 0) is 19.1 Å². The molecule has 1 aromatic heterocycles. The Balaban J connectivity index is 1.56. The summed E-state index contributed by atoms with van der Waals surface area (Å²) in [6, 6.07) is 9.70. The SMILES string of the molecule is C[C@@H]1CN(C[C@H](O)Cn2nnc(-c3ccccc3)n2)C[C@@H](C)O1. The van der Waals surface area contributed by atoms with Gasteiger partial charge in [-0.1, -0.05) is 30.3 Å². The van der Waals surface area contributed by atoms with Crippen molar-refractivity contribution >= 4 is 0 Å². The van der Waals surface area contributed by atoms with E-state index in [4.69, 9.17) is 4.74 Å². The first-order valence-electron chi connectivity index (χ1n) is 7.99. The molecular formula is C16H23N5O2. The van der Waals surface area contributed by atoms with Crippen LogP contribution in [0.5, 0.6) is 0 Å². The van der Waals surface area contributed by atoms with E-state index in [1.807, 2.05) is 30.3 Å². The number of aliphatic hydroxyl groups is 1. The third-order valence-electron chi connectivity index (χ3n) is 3.82. The molecule has 1 N–H and O–H groups in total. The van der Waals surface area contributed by atoms with Gasteiger partial charge in [-0.25, -0.2) is 0 Å². The van der Waals surface area contributed by atoms with Gasteiger partial charge < -0.3 is 9.84 Å². The molecule has 0 saturated carbocycles. The number of benzene rings is 1. The van der Waals surface area contributed by atoms with E-state index in [1.54, 1.807) is 0 Å². The lowest BCUT2D eigenvalue weighted by Gasteiger charge is -2.36. The quantitative estimate of drug-likeness (QED) is 0.879. The predicted molar refractivity (Wildman–Crippen MR) is 85.7 cm³/mol. The van der Waals surface area contributed by atoms with Gasteiger partial charge in [0, 0.05) is 25.2 Å². The van der Waals surface area contributed by atoms with Crippen LogP contribution < -0.4 is 0 Å². The Hall–Kier alpha value is -1.83. The maximum Gasteiger partial charge on any atom is 0.204 e. The minimum absolute atomic E-state index is 0.195. The Morgan fingerprint density at radius 2 is 1.87 bits per heavy atom. The Morgan fingerprint density at radius 1 is 1.17 bits per heavy atom. The van der Waals surface area contributed by atoms with Crippen molar-refractivity contribution in [3.05, 3.63) is 30.3 Å². The Morgan fingerprint density at radius 3 is 2.57 bits per heavy atom. The number of nitrogens with zero attached hydrogens (tertiary/aromatic N) is 5. The van der Waals surface area contributed by atoms with Crippen LogP contribution in [0.15, 0.2) is 30.3 Å². The van der Waals surface area contributed by atoms with Crippen molar-refractivity contribution in [2.24, 2.45) is 0 Å². The van der Waals surface area contributed by atoms with Crippen molar-refractivity contribution in [2.45, 2.75) is 38.7 Å². The van der Waals surface area contributed by atoms with E-state index >= 15 is 0 Å². The molecule has 23 heavy (non-hydrogen) atoms. The summed E-state index contributed by atoms with van der Waals surface area (Å²) >= 11 is 0. The first-order valence-corrected chi connectivity index (χ1v) is 7.99. The number of hydrogen-bond donors (Lipinski definition) is 1. The van der Waals surface area contributed by atoms with Gasteiger partial charge >= 0.3 is 0 Å². The van der Waals surface area contributed by atoms with Gasteiger partial charge in [-0.3, -0.25) is 4.90 Å². The molecule has 0 radical (unpaired) electrons.